The van der Waals surface area contributed by atoms with Gasteiger partial charge in [0.25, 0.3) is 0 Å². The number of rotatable bonds is 6. The van der Waals surface area contributed by atoms with E-state index < -0.39 is 0 Å². The maximum absolute atomic E-state index is 6.15. The predicted molar refractivity (Wildman–Crippen MR) is 99.0 cm³/mol. The molecule has 3 rings (SSSR count). The number of hydrogen-bond acceptors (Lipinski definition) is 5. The molecule has 8 heteroatoms. The van der Waals surface area contributed by atoms with E-state index in [2.05, 4.69) is 15.3 Å². The highest BCUT2D eigenvalue weighted by Crippen LogP contribution is 2.28. The summed E-state index contributed by atoms with van der Waals surface area (Å²) in [6.45, 7) is 4.21. The second-order valence-electron chi connectivity index (χ2n) is 5.33. The first kappa shape index (κ1) is 17.4. The maximum atomic E-state index is 6.15. The number of nitrogens with zero attached hydrogens (tertiary/aromatic N) is 3. The summed E-state index contributed by atoms with van der Waals surface area (Å²) in [5, 5.41) is 11.7. The molecular formula is C17H17ClN4O2S. The van der Waals surface area contributed by atoms with Crippen LogP contribution in [-0.2, 0) is 13.0 Å². The Hall–Kier alpha value is -2.38. The van der Waals surface area contributed by atoms with Crippen LogP contribution in [0, 0.1) is 11.7 Å². The second kappa shape index (κ2) is 7.67. The molecule has 25 heavy (non-hydrogen) atoms. The van der Waals surface area contributed by atoms with Crippen LogP contribution < -0.4 is 4.74 Å². The van der Waals surface area contributed by atoms with Crippen molar-refractivity contribution in [3.05, 3.63) is 63.0 Å². The lowest BCUT2D eigenvalue weighted by atomic mass is 10.2. The number of ether oxygens (including phenoxy) is 1. The van der Waals surface area contributed by atoms with Crippen LogP contribution in [0.25, 0.3) is 0 Å². The molecule has 130 valence electrons. The van der Waals surface area contributed by atoms with Crippen LogP contribution >= 0.6 is 23.8 Å². The Bertz CT molecular complexity index is 937. The number of H-pyrrole nitrogens is 1. The lowest BCUT2D eigenvalue weighted by Crippen LogP contribution is -1.97. The van der Waals surface area contributed by atoms with Gasteiger partial charge in [-0.05, 0) is 42.9 Å². The highest BCUT2D eigenvalue weighted by Gasteiger charge is 2.08. The monoisotopic (exact) mass is 376 g/mol. The molecule has 0 saturated heterocycles. The Labute approximate surface area is 155 Å². The number of para-hydroxylation sites is 1. The van der Waals surface area contributed by atoms with Crippen molar-refractivity contribution in [2.45, 2.75) is 26.9 Å². The number of hydrogen-bond donors (Lipinski definition) is 1. The van der Waals surface area contributed by atoms with Crippen LogP contribution in [0.2, 0.25) is 5.02 Å². The summed E-state index contributed by atoms with van der Waals surface area (Å²) in [4.78, 5) is 0. The van der Waals surface area contributed by atoms with Gasteiger partial charge in [0, 0.05) is 6.42 Å². The molecule has 3 aromatic rings. The zero-order chi connectivity index (χ0) is 17.8. The quantitative estimate of drug-likeness (QED) is 0.507. The fraction of sp³-hybridized carbons (Fsp3) is 0.235. The zero-order valence-corrected chi connectivity index (χ0v) is 15.4. The minimum absolute atomic E-state index is 0.282. The van der Waals surface area contributed by atoms with Gasteiger partial charge in [0.05, 0.1) is 11.2 Å². The van der Waals surface area contributed by atoms with Gasteiger partial charge in [-0.15, -0.1) is 0 Å². The van der Waals surface area contributed by atoms with Crippen molar-refractivity contribution in [2.24, 2.45) is 5.10 Å². The standard InChI is InChI=1S/C17H17ClN4O2S/c1-3-15-20-21-17(25)22(15)19-9-12-7-8-13(24-12)10-23-16-11(2)5-4-6-14(16)18/h4-9H,3,10H2,1-2H3,(H,21,25)/b19-9+. The summed E-state index contributed by atoms with van der Waals surface area (Å²) in [6.07, 6.45) is 2.31. The Morgan fingerprint density at radius 1 is 1.40 bits per heavy atom. The lowest BCUT2D eigenvalue weighted by Gasteiger charge is -2.09. The number of furan rings is 1. The van der Waals surface area contributed by atoms with Gasteiger partial charge >= 0.3 is 0 Å². The van der Waals surface area contributed by atoms with Crippen LogP contribution in [0.15, 0.2) is 39.9 Å². The zero-order valence-electron chi connectivity index (χ0n) is 13.8. The summed E-state index contributed by atoms with van der Waals surface area (Å²) in [5.41, 5.74) is 0.974. The van der Waals surface area contributed by atoms with E-state index in [0.717, 1.165) is 17.8 Å². The van der Waals surface area contributed by atoms with E-state index in [1.54, 1.807) is 17.0 Å². The van der Waals surface area contributed by atoms with Gasteiger partial charge in [0.1, 0.15) is 23.9 Å². The van der Waals surface area contributed by atoms with Gasteiger partial charge in [0.15, 0.2) is 5.82 Å². The molecule has 6 nitrogen and oxygen atoms in total. The molecule has 0 bridgehead atoms. The van der Waals surface area contributed by atoms with Crippen molar-refractivity contribution in [1.82, 2.24) is 14.9 Å². The highest BCUT2D eigenvalue weighted by molar-refractivity contribution is 7.71. The van der Waals surface area contributed by atoms with Gasteiger partial charge in [-0.25, -0.2) is 0 Å². The number of nitrogens with one attached hydrogen (secondary N) is 1. The summed E-state index contributed by atoms with van der Waals surface area (Å²) in [5.74, 6) is 2.69. The van der Waals surface area contributed by atoms with Gasteiger partial charge in [0.2, 0.25) is 4.77 Å². The van der Waals surface area contributed by atoms with E-state index >= 15 is 0 Å². The molecule has 0 radical (unpaired) electrons. The third-order valence-electron chi connectivity index (χ3n) is 3.54. The minimum Gasteiger partial charge on any atom is -0.484 e. The first-order chi connectivity index (χ1) is 12.1. The van der Waals surface area contributed by atoms with Crippen molar-refractivity contribution in [3.63, 3.8) is 0 Å². The fourth-order valence-electron chi connectivity index (χ4n) is 2.27. The Morgan fingerprint density at radius 2 is 2.24 bits per heavy atom. The Kier molecular flexibility index (Phi) is 5.35. The average Bonchev–Trinajstić information content (AvgIpc) is 3.19. The first-order valence-electron chi connectivity index (χ1n) is 7.75. The molecule has 0 saturated carbocycles. The molecule has 0 aliphatic carbocycles. The van der Waals surface area contributed by atoms with Crippen LogP contribution in [0.3, 0.4) is 0 Å². The van der Waals surface area contributed by atoms with Crippen molar-refractivity contribution >= 4 is 30.0 Å². The van der Waals surface area contributed by atoms with E-state index in [9.17, 15) is 0 Å². The Morgan fingerprint density at radius 3 is 3.00 bits per heavy atom. The smallest absolute Gasteiger partial charge is 0.216 e. The molecule has 2 heterocycles. The molecule has 0 amide bonds. The molecule has 0 atom stereocenters. The van der Waals surface area contributed by atoms with Gasteiger partial charge in [-0.1, -0.05) is 30.7 Å². The molecule has 0 fully saturated rings. The summed E-state index contributed by atoms with van der Waals surface area (Å²) >= 11 is 11.3. The van der Waals surface area contributed by atoms with Crippen LogP contribution in [0.5, 0.6) is 5.75 Å². The van der Waals surface area contributed by atoms with E-state index in [4.69, 9.17) is 33.0 Å². The molecule has 0 aliphatic heterocycles. The fourth-order valence-corrected chi connectivity index (χ4v) is 2.75. The van der Waals surface area contributed by atoms with E-state index in [1.807, 2.05) is 38.1 Å². The number of aryl methyl sites for hydroxylation is 2. The third-order valence-corrected chi connectivity index (χ3v) is 4.10. The molecule has 1 aromatic carbocycles. The molecular weight excluding hydrogens is 360 g/mol. The van der Waals surface area contributed by atoms with Crippen LogP contribution in [0.1, 0.15) is 29.8 Å². The summed E-state index contributed by atoms with van der Waals surface area (Å²) in [6, 6.07) is 9.28. The minimum atomic E-state index is 0.282. The van der Waals surface area contributed by atoms with Crippen molar-refractivity contribution in [1.29, 1.82) is 0 Å². The van der Waals surface area contributed by atoms with E-state index in [0.29, 0.717) is 27.1 Å². The normalized spacial score (nSPS) is 11.3. The summed E-state index contributed by atoms with van der Waals surface area (Å²) in [7, 11) is 0. The van der Waals surface area contributed by atoms with Crippen LogP contribution in [-0.4, -0.2) is 21.1 Å². The maximum Gasteiger partial charge on any atom is 0.216 e. The lowest BCUT2D eigenvalue weighted by molar-refractivity contribution is 0.268. The van der Waals surface area contributed by atoms with Gasteiger partial charge in [-0.2, -0.15) is 14.9 Å². The van der Waals surface area contributed by atoms with E-state index in [1.165, 1.54) is 0 Å². The number of aromatic amines is 1. The SMILES string of the molecule is CCc1n[nH]c(=S)n1/N=C/c1ccc(COc2c(C)cccc2Cl)o1. The molecule has 0 spiro atoms. The van der Waals surface area contributed by atoms with Gasteiger partial charge in [-0.3, -0.25) is 5.10 Å². The summed E-state index contributed by atoms with van der Waals surface area (Å²) < 4.78 is 13.5. The number of benzene rings is 1. The van der Waals surface area contributed by atoms with Gasteiger partial charge < -0.3 is 9.15 Å². The largest absolute Gasteiger partial charge is 0.484 e. The highest BCUT2D eigenvalue weighted by atomic mass is 35.5. The molecule has 0 aliphatic rings. The van der Waals surface area contributed by atoms with E-state index in [-0.39, 0.29) is 6.61 Å². The number of aromatic nitrogens is 3. The van der Waals surface area contributed by atoms with Crippen LogP contribution in [0.4, 0.5) is 0 Å². The van der Waals surface area contributed by atoms with Crippen molar-refractivity contribution < 1.29 is 9.15 Å². The van der Waals surface area contributed by atoms with Crippen molar-refractivity contribution in [2.75, 3.05) is 0 Å². The predicted octanol–water partition coefficient (Wildman–Crippen LogP) is 4.52. The number of halogens is 1. The first-order valence-corrected chi connectivity index (χ1v) is 8.54. The molecule has 1 N–H and O–H groups in total. The topological polar surface area (TPSA) is 68.3 Å². The molecule has 2 aromatic heterocycles. The molecule has 0 unspecified atom stereocenters. The Balaban J connectivity index is 1.69. The second-order valence-corrected chi connectivity index (χ2v) is 6.13. The third kappa shape index (κ3) is 4.00. The van der Waals surface area contributed by atoms with Crippen molar-refractivity contribution in [3.8, 4) is 5.75 Å². The average molecular weight is 377 g/mol.